The molecule has 86 valence electrons. The summed E-state index contributed by atoms with van der Waals surface area (Å²) >= 11 is 11.0. The minimum Gasteiger partial charge on any atom is -0.379 e. The quantitative estimate of drug-likeness (QED) is 0.410. The topological polar surface area (TPSA) is 18.5 Å². The van der Waals surface area contributed by atoms with Crippen LogP contribution in [0, 0.1) is 0 Å². The smallest absolute Gasteiger partial charge is 0.0700 e. The molecule has 0 rings (SSSR count). The molecule has 0 aromatic heterocycles. The number of ether oxygens (including phenoxy) is 2. The first-order chi connectivity index (χ1) is 6.91. The van der Waals surface area contributed by atoms with Gasteiger partial charge in [-0.3, -0.25) is 0 Å². The van der Waals surface area contributed by atoms with Crippen LogP contribution in [0.2, 0.25) is 0 Å². The molecule has 0 amide bonds. The zero-order valence-electron chi connectivity index (χ0n) is 8.64. The number of unbranched alkanes of at least 4 members (excludes halogenated alkanes) is 2. The summed E-state index contributed by atoms with van der Waals surface area (Å²) in [4.78, 5) is 0. The summed E-state index contributed by atoms with van der Waals surface area (Å²) in [7, 11) is 0. The van der Waals surface area contributed by atoms with Gasteiger partial charge in [0.25, 0.3) is 0 Å². The second-order valence-corrected chi connectivity index (χ2v) is 3.77. The van der Waals surface area contributed by atoms with Crippen LogP contribution in [-0.2, 0) is 9.47 Å². The third-order valence-electron chi connectivity index (χ3n) is 1.72. The molecule has 0 aliphatic rings. The van der Waals surface area contributed by atoms with Crippen LogP contribution in [0.25, 0.3) is 0 Å². The minimum atomic E-state index is 0.684. The Morgan fingerprint density at radius 1 is 0.571 bits per heavy atom. The first-order valence-corrected chi connectivity index (χ1v) is 6.26. The molecule has 0 atom stereocenters. The molecule has 4 heteroatoms. The van der Waals surface area contributed by atoms with E-state index in [1.807, 2.05) is 0 Å². The summed E-state index contributed by atoms with van der Waals surface area (Å²) in [6.07, 6.45) is 4.13. The maximum atomic E-state index is 5.52. The Hall–Kier alpha value is 0.500. The Morgan fingerprint density at radius 3 is 1.36 bits per heavy atom. The Morgan fingerprint density at radius 2 is 1.00 bits per heavy atom. The van der Waals surface area contributed by atoms with Gasteiger partial charge in [0.05, 0.1) is 13.2 Å². The number of hydrogen-bond donors (Lipinski definition) is 0. The maximum absolute atomic E-state index is 5.52. The van der Waals surface area contributed by atoms with Crippen molar-refractivity contribution in [2.24, 2.45) is 0 Å². The van der Waals surface area contributed by atoms with Crippen molar-refractivity contribution < 1.29 is 9.47 Å². The SMILES string of the molecule is ClCCCCOCCOCCCCCl. The Bertz CT molecular complexity index is 90.1. The lowest BCUT2D eigenvalue weighted by molar-refractivity contribution is 0.0458. The molecule has 2 nitrogen and oxygen atoms in total. The van der Waals surface area contributed by atoms with E-state index in [-0.39, 0.29) is 0 Å². The van der Waals surface area contributed by atoms with Crippen molar-refractivity contribution in [1.29, 1.82) is 0 Å². The molecule has 14 heavy (non-hydrogen) atoms. The van der Waals surface area contributed by atoms with E-state index in [1.165, 1.54) is 0 Å². The summed E-state index contributed by atoms with van der Waals surface area (Å²) in [5.41, 5.74) is 0. The molecule has 0 aliphatic carbocycles. The number of alkyl halides is 2. The fourth-order valence-electron chi connectivity index (χ4n) is 0.919. The lowest BCUT2D eigenvalue weighted by Crippen LogP contribution is -2.06. The average molecular weight is 243 g/mol. The second kappa shape index (κ2) is 13.5. The monoisotopic (exact) mass is 242 g/mol. The van der Waals surface area contributed by atoms with E-state index < -0.39 is 0 Å². The highest BCUT2D eigenvalue weighted by molar-refractivity contribution is 6.18. The Balaban J connectivity index is 2.78. The van der Waals surface area contributed by atoms with Gasteiger partial charge in [0, 0.05) is 25.0 Å². The third kappa shape index (κ3) is 12.5. The minimum absolute atomic E-state index is 0.684. The molecule has 0 saturated carbocycles. The normalized spacial score (nSPS) is 10.7. The zero-order chi connectivity index (χ0) is 10.5. The molecular formula is C10H20Cl2O2. The van der Waals surface area contributed by atoms with Gasteiger partial charge in [-0.25, -0.2) is 0 Å². The van der Waals surface area contributed by atoms with Gasteiger partial charge in [-0.2, -0.15) is 0 Å². The molecule has 0 aromatic carbocycles. The molecule has 0 fully saturated rings. The summed E-state index contributed by atoms with van der Waals surface area (Å²) < 4.78 is 10.7. The summed E-state index contributed by atoms with van der Waals surface area (Å²) in [6, 6.07) is 0. The van der Waals surface area contributed by atoms with E-state index in [2.05, 4.69) is 0 Å². The summed E-state index contributed by atoms with van der Waals surface area (Å²) in [5.74, 6) is 1.44. The first kappa shape index (κ1) is 14.5. The van der Waals surface area contributed by atoms with Crippen molar-refractivity contribution in [3.05, 3.63) is 0 Å². The van der Waals surface area contributed by atoms with Crippen molar-refractivity contribution in [2.45, 2.75) is 25.7 Å². The van der Waals surface area contributed by atoms with Gasteiger partial charge in [-0.1, -0.05) is 0 Å². The van der Waals surface area contributed by atoms with Crippen LogP contribution in [0.15, 0.2) is 0 Å². The van der Waals surface area contributed by atoms with Gasteiger partial charge in [0.1, 0.15) is 0 Å². The van der Waals surface area contributed by atoms with Gasteiger partial charge in [0.2, 0.25) is 0 Å². The number of hydrogen-bond acceptors (Lipinski definition) is 2. The predicted octanol–water partition coefficient (Wildman–Crippen LogP) is 3.06. The molecule has 0 unspecified atom stereocenters. The van der Waals surface area contributed by atoms with Crippen molar-refractivity contribution in [3.63, 3.8) is 0 Å². The van der Waals surface area contributed by atoms with Crippen LogP contribution in [0.4, 0.5) is 0 Å². The van der Waals surface area contributed by atoms with Crippen LogP contribution in [-0.4, -0.2) is 38.2 Å². The molecule has 0 radical (unpaired) electrons. The van der Waals surface area contributed by atoms with Crippen molar-refractivity contribution in [2.75, 3.05) is 38.2 Å². The van der Waals surface area contributed by atoms with Crippen LogP contribution in [0.1, 0.15) is 25.7 Å². The van der Waals surface area contributed by atoms with E-state index in [9.17, 15) is 0 Å². The van der Waals surface area contributed by atoms with Crippen molar-refractivity contribution >= 4 is 23.2 Å². The van der Waals surface area contributed by atoms with E-state index in [0.717, 1.165) is 50.7 Å². The predicted molar refractivity (Wildman–Crippen MR) is 61.5 cm³/mol. The highest BCUT2D eigenvalue weighted by Crippen LogP contribution is 1.94. The van der Waals surface area contributed by atoms with Crippen molar-refractivity contribution in [1.82, 2.24) is 0 Å². The van der Waals surface area contributed by atoms with E-state index in [0.29, 0.717) is 13.2 Å². The largest absolute Gasteiger partial charge is 0.379 e. The van der Waals surface area contributed by atoms with Crippen LogP contribution < -0.4 is 0 Å². The molecule has 0 saturated heterocycles. The zero-order valence-corrected chi connectivity index (χ0v) is 10.2. The van der Waals surface area contributed by atoms with E-state index >= 15 is 0 Å². The Kier molecular flexibility index (Phi) is 14.0. The highest BCUT2D eigenvalue weighted by Gasteiger charge is 1.91. The molecular weight excluding hydrogens is 223 g/mol. The number of rotatable bonds is 11. The summed E-state index contributed by atoms with van der Waals surface area (Å²) in [6.45, 7) is 2.95. The second-order valence-electron chi connectivity index (χ2n) is 3.02. The maximum Gasteiger partial charge on any atom is 0.0700 e. The molecule has 0 bridgehead atoms. The first-order valence-electron chi connectivity index (χ1n) is 5.19. The van der Waals surface area contributed by atoms with Gasteiger partial charge in [-0.15, -0.1) is 23.2 Å². The van der Waals surface area contributed by atoms with Gasteiger partial charge in [-0.05, 0) is 25.7 Å². The fourth-order valence-corrected chi connectivity index (χ4v) is 1.30. The number of halogens is 2. The van der Waals surface area contributed by atoms with Gasteiger partial charge < -0.3 is 9.47 Å². The van der Waals surface area contributed by atoms with E-state index in [4.69, 9.17) is 32.7 Å². The van der Waals surface area contributed by atoms with Gasteiger partial charge >= 0.3 is 0 Å². The average Bonchev–Trinajstić information content (AvgIpc) is 2.21. The standard InChI is InChI=1S/C10H20Cl2O2/c11-5-1-3-7-13-9-10-14-8-4-2-6-12/h1-10H2. The fraction of sp³-hybridized carbons (Fsp3) is 1.00. The lowest BCUT2D eigenvalue weighted by Gasteiger charge is -2.04. The Labute approximate surface area is 96.9 Å². The van der Waals surface area contributed by atoms with Crippen LogP contribution in [0.3, 0.4) is 0 Å². The molecule has 0 aliphatic heterocycles. The van der Waals surface area contributed by atoms with Crippen LogP contribution in [0.5, 0.6) is 0 Å². The van der Waals surface area contributed by atoms with Crippen molar-refractivity contribution in [3.8, 4) is 0 Å². The third-order valence-corrected chi connectivity index (χ3v) is 2.25. The van der Waals surface area contributed by atoms with Gasteiger partial charge in [0.15, 0.2) is 0 Å². The lowest BCUT2D eigenvalue weighted by atomic mass is 10.4. The molecule has 0 heterocycles. The molecule has 0 spiro atoms. The molecule has 0 aromatic rings. The molecule has 0 N–H and O–H groups in total. The van der Waals surface area contributed by atoms with Crippen LogP contribution >= 0.6 is 23.2 Å². The summed E-state index contributed by atoms with van der Waals surface area (Å²) in [5, 5.41) is 0. The highest BCUT2D eigenvalue weighted by atomic mass is 35.5. The van der Waals surface area contributed by atoms with E-state index in [1.54, 1.807) is 0 Å².